The van der Waals surface area contributed by atoms with Gasteiger partial charge in [-0.25, -0.2) is 4.98 Å². The van der Waals surface area contributed by atoms with Crippen molar-refractivity contribution in [1.29, 1.82) is 0 Å². The zero-order valence-electron chi connectivity index (χ0n) is 12.7. The van der Waals surface area contributed by atoms with E-state index in [1.54, 1.807) is 11.3 Å². The van der Waals surface area contributed by atoms with Crippen LogP contribution in [0.5, 0.6) is 0 Å². The fourth-order valence-corrected chi connectivity index (χ4v) is 2.60. The Morgan fingerprint density at radius 3 is 2.50 bits per heavy atom. The number of thiazole rings is 1. The lowest BCUT2D eigenvalue weighted by atomic mass is 9.97. The number of hydrogen-bond acceptors (Lipinski definition) is 6. The summed E-state index contributed by atoms with van der Waals surface area (Å²) in [5, 5.41) is 14.8. The molecule has 1 N–H and O–H groups in total. The molecule has 0 amide bonds. The van der Waals surface area contributed by atoms with Crippen molar-refractivity contribution < 1.29 is 4.42 Å². The Kier molecular flexibility index (Phi) is 4.25. The number of hydrogen-bond donors (Lipinski definition) is 1. The highest BCUT2D eigenvalue weighted by Crippen LogP contribution is 2.27. The van der Waals surface area contributed by atoms with Crippen LogP contribution in [-0.2, 0) is 17.5 Å². The van der Waals surface area contributed by atoms with Crippen molar-refractivity contribution in [3.05, 3.63) is 28.4 Å². The zero-order valence-corrected chi connectivity index (χ0v) is 13.5. The van der Waals surface area contributed by atoms with Gasteiger partial charge in [0, 0.05) is 17.0 Å². The van der Waals surface area contributed by atoms with Crippen LogP contribution in [0.25, 0.3) is 0 Å². The summed E-state index contributed by atoms with van der Waals surface area (Å²) in [6.45, 7) is 11.0. The van der Waals surface area contributed by atoms with E-state index in [2.05, 4.69) is 55.1 Å². The van der Waals surface area contributed by atoms with Gasteiger partial charge in [0.05, 0.1) is 12.1 Å². The molecule has 0 unspecified atom stereocenters. The molecule has 20 heavy (non-hydrogen) atoms. The Labute approximate surface area is 123 Å². The molecule has 0 bridgehead atoms. The fraction of sp³-hybridized carbons (Fsp3) is 0.643. The van der Waals surface area contributed by atoms with Crippen LogP contribution in [0.1, 0.15) is 57.8 Å². The lowest BCUT2D eigenvalue weighted by molar-refractivity contribution is 0.311. The van der Waals surface area contributed by atoms with E-state index in [4.69, 9.17) is 4.42 Å². The molecule has 0 aliphatic carbocycles. The van der Waals surface area contributed by atoms with Crippen molar-refractivity contribution in [2.24, 2.45) is 0 Å². The molecule has 2 rings (SSSR count). The maximum absolute atomic E-state index is 5.70. The van der Waals surface area contributed by atoms with Crippen LogP contribution in [-0.4, -0.2) is 15.2 Å². The lowest BCUT2D eigenvalue weighted by Gasteiger charge is -2.26. The van der Waals surface area contributed by atoms with Crippen LogP contribution in [0.3, 0.4) is 0 Å². The van der Waals surface area contributed by atoms with Gasteiger partial charge in [-0.2, -0.15) is 0 Å². The Balaban J connectivity index is 2.06. The third-order valence-electron chi connectivity index (χ3n) is 3.35. The second-order valence-corrected chi connectivity index (χ2v) is 7.02. The molecule has 2 aromatic rings. The highest BCUT2D eigenvalue weighted by Gasteiger charge is 2.28. The van der Waals surface area contributed by atoms with Gasteiger partial charge in [-0.1, -0.05) is 27.7 Å². The molecule has 0 saturated carbocycles. The molecule has 6 heteroatoms. The quantitative estimate of drug-likeness (QED) is 0.917. The van der Waals surface area contributed by atoms with Crippen LogP contribution in [0.4, 0.5) is 0 Å². The third kappa shape index (κ3) is 3.24. The molecule has 5 nitrogen and oxygen atoms in total. The molecule has 0 aliphatic rings. The Morgan fingerprint density at radius 1 is 1.25 bits per heavy atom. The number of nitrogens with one attached hydrogen (secondary N) is 1. The van der Waals surface area contributed by atoms with E-state index in [-0.39, 0.29) is 11.0 Å². The summed E-state index contributed by atoms with van der Waals surface area (Å²) in [5.74, 6) is 1.29. The van der Waals surface area contributed by atoms with Gasteiger partial charge >= 0.3 is 0 Å². The summed E-state index contributed by atoms with van der Waals surface area (Å²) < 4.78 is 5.70. The molecule has 2 aromatic heterocycles. The van der Waals surface area contributed by atoms with Crippen molar-refractivity contribution >= 4 is 11.3 Å². The summed E-state index contributed by atoms with van der Waals surface area (Å²) in [7, 11) is 0. The standard InChI is InChI=1S/C14H22N4OS/c1-6-14(5,12-15-7-8-20-12)16-9-10-17-18-11(19-10)13(2,3)4/h7-8,16H,6,9H2,1-5H3/t14-/m1/s1. The third-order valence-corrected chi connectivity index (χ3v) is 4.39. The molecule has 1 atom stereocenters. The molecule has 0 aromatic carbocycles. The maximum atomic E-state index is 5.70. The summed E-state index contributed by atoms with van der Waals surface area (Å²) in [6.07, 6.45) is 2.78. The number of rotatable bonds is 5. The second kappa shape index (κ2) is 5.61. The first-order valence-electron chi connectivity index (χ1n) is 6.83. The molecule has 0 spiro atoms. The number of nitrogens with zero attached hydrogens (tertiary/aromatic N) is 3. The van der Waals surface area contributed by atoms with Crippen LogP contribution < -0.4 is 5.32 Å². The first-order chi connectivity index (χ1) is 9.35. The van der Waals surface area contributed by atoms with Crippen molar-refractivity contribution in [3.8, 4) is 0 Å². The molecule has 0 fully saturated rings. The highest BCUT2D eigenvalue weighted by molar-refractivity contribution is 7.09. The minimum absolute atomic E-state index is 0.116. The predicted octanol–water partition coefficient (Wildman–Crippen LogP) is 3.24. The molecular weight excluding hydrogens is 272 g/mol. The van der Waals surface area contributed by atoms with E-state index in [1.165, 1.54) is 0 Å². The molecule has 2 heterocycles. The summed E-state index contributed by atoms with van der Waals surface area (Å²) in [6, 6.07) is 0. The largest absolute Gasteiger partial charge is 0.423 e. The van der Waals surface area contributed by atoms with Crippen LogP contribution >= 0.6 is 11.3 Å². The monoisotopic (exact) mass is 294 g/mol. The van der Waals surface area contributed by atoms with Crippen molar-refractivity contribution in [2.75, 3.05) is 0 Å². The van der Waals surface area contributed by atoms with E-state index < -0.39 is 0 Å². The van der Waals surface area contributed by atoms with Gasteiger partial charge in [0.2, 0.25) is 11.8 Å². The zero-order chi connectivity index (χ0) is 14.8. The van der Waals surface area contributed by atoms with Gasteiger partial charge in [0.1, 0.15) is 5.01 Å². The van der Waals surface area contributed by atoms with Crippen LogP contribution in [0.2, 0.25) is 0 Å². The van der Waals surface area contributed by atoms with Crippen molar-refractivity contribution in [3.63, 3.8) is 0 Å². The van der Waals surface area contributed by atoms with E-state index in [9.17, 15) is 0 Å². The van der Waals surface area contributed by atoms with Gasteiger partial charge in [-0.05, 0) is 13.3 Å². The summed E-state index contributed by atoms with van der Waals surface area (Å²) in [5.41, 5.74) is -0.279. The molecule has 0 saturated heterocycles. The van der Waals surface area contributed by atoms with Crippen LogP contribution in [0.15, 0.2) is 16.0 Å². The average Bonchev–Trinajstić information content (AvgIpc) is 3.06. The van der Waals surface area contributed by atoms with Crippen molar-refractivity contribution in [1.82, 2.24) is 20.5 Å². The fourth-order valence-electron chi connectivity index (χ4n) is 1.75. The smallest absolute Gasteiger partial charge is 0.230 e. The minimum atomic E-state index is -0.162. The molecule has 110 valence electrons. The molecular formula is C14H22N4OS. The van der Waals surface area contributed by atoms with Crippen molar-refractivity contribution in [2.45, 2.75) is 58.5 Å². The summed E-state index contributed by atoms with van der Waals surface area (Å²) >= 11 is 1.66. The highest BCUT2D eigenvalue weighted by atomic mass is 32.1. The van der Waals surface area contributed by atoms with E-state index in [0.717, 1.165) is 11.4 Å². The van der Waals surface area contributed by atoms with Gasteiger partial charge in [-0.15, -0.1) is 21.5 Å². The van der Waals surface area contributed by atoms with Gasteiger partial charge < -0.3 is 4.42 Å². The van der Waals surface area contributed by atoms with Gasteiger partial charge in [0.25, 0.3) is 0 Å². The summed E-state index contributed by atoms with van der Waals surface area (Å²) in [4.78, 5) is 4.41. The maximum Gasteiger partial charge on any atom is 0.230 e. The van der Waals surface area contributed by atoms with Crippen LogP contribution in [0, 0.1) is 0 Å². The normalized spacial score (nSPS) is 15.2. The predicted molar refractivity (Wildman–Crippen MR) is 79.6 cm³/mol. The van der Waals surface area contributed by atoms with Gasteiger partial charge in [0.15, 0.2) is 0 Å². The first kappa shape index (κ1) is 15.1. The Bertz CT molecular complexity index is 544. The van der Waals surface area contributed by atoms with E-state index >= 15 is 0 Å². The average molecular weight is 294 g/mol. The molecule has 0 aliphatic heterocycles. The topological polar surface area (TPSA) is 63.8 Å². The van der Waals surface area contributed by atoms with E-state index in [1.807, 2.05) is 11.6 Å². The SMILES string of the molecule is CC[C@@](C)(NCc1nnc(C(C)(C)C)o1)c1nccs1. The Morgan fingerprint density at radius 2 is 2.00 bits per heavy atom. The second-order valence-electron chi connectivity index (χ2n) is 6.13. The first-order valence-corrected chi connectivity index (χ1v) is 7.71. The molecule has 0 radical (unpaired) electrons. The minimum Gasteiger partial charge on any atom is -0.423 e. The van der Waals surface area contributed by atoms with E-state index in [0.29, 0.717) is 18.3 Å². The van der Waals surface area contributed by atoms with Gasteiger partial charge in [-0.3, -0.25) is 5.32 Å². The number of aromatic nitrogens is 3. The lowest BCUT2D eigenvalue weighted by Crippen LogP contribution is -2.38. The Hall–Kier alpha value is -1.27.